The number of halogens is 1. The van der Waals surface area contributed by atoms with Gasteiger partial charge >= 0.3 is 0 Å². The summed E-state index contributed by atoms with van der Waals surface area (Å²) in [4.78, 5) is 28.6. The van der Waals surface area contributed by atoms with Gasteiger partial charge in [0, 0.05) is 36.8 Å². The molecule has 0 saturated carbocycles. The first kappa shape index (κ1) is 17.5. The zero-order valence-corrected chi connectivity index (χ0v) is 15.0. The number of benzene rings is 2. The molecule has 25 heavy (non-hydrogen) atoms. The Bertz CT molecular complexity index is 783. The van der Waals surface area contributed by atoms with Crippen LogP contribution in [-0.2, 0) is 11.2 Å². The highest BCUT2D eigenvalue weighted by atomic mass is 35.5. The lowest BCUT2D eigenvalue weighted by Gasteiger charge is -2.35. The largest absolute Gasteiger partial charge is 0.339 e. The quantitative estimate of drug-likeness (QED) is 0.847. The summed E-state index contributed by atoms with van der Waals surface area (Å²) in [5.74, 6) is 0.0775. The van der Waals surface area contributed by atoms with Crippen molar-refractivity contribution >= 4 is 23.4 Å². The molecule has 1 heterocycles. The summed E-state index contributed by atoms with van der Waals surface area (Å²) in [6, 6.07) is 15.0. The molecule has 1 saturated heterocycles. The molecule has 130 valence electrons. The van der Waals surface area contributed by atoms with Crippen LogP contribution in [0.1, 0.15) is 21.5 Å². The number of nitrogens with zero attached hydrogens (tertiary/aromatic N) is 2. The first-order valence-corrected chi connectivity index (χ1v) is 8.79. The van der Waals surface area contributed by atoms with E-state index >= 15 is 0 Å². The summed E-state index contributed by atoms with van der Waals surface area (Å²) >= 11 is 5.96. The summed E-state index contributed by atoms with van der Waals surface area (Å²) in [6.07, 6.45) is 0.407. The van der Waals surface area contributed by atoms with Crippen molar-refractivity contribution in [2.45, 2.75) is 13.3 Å². The molecule has 0 radical (unpaired) electrons. The molecule has 2 aromatic rings. The molecule has 2 amide bonds. The van der Waals surface area contributed by atoms with Crippen LogP contribution in [0, 0.1) is 6.92 Å². The van der Waals surface area contributed by atoms with Crippen molar-refractivity contribution in [2.75, 3.05) is 26.2 Å². The van der Waals surface area contributed by atoms with Crippen molar-refractivity contribution in [1.29, 1.82) is 0 Å². The Labute approximate surface area is 153 Å². The Balaban J connectivity index is 1.56. The number of rotatable bonds is 3. The predicted octanol–water partition coefficient (Wildman–Crippen LogP) is 3.18. The van der Waals surface area contributed by atoms with Crippen LogP contribution < -0.4 is 0 Å². The van der Waals surface area contributed by atoms with Crippen molar-refractivity contribution in [1.82, 2.24) is 9.80 Å². The zero-order chi connectivity index (χ0) is 17.8. The third kappa shape index (κ3) is 4.40. The van der Waals surface area contributed by atoms with Crippen LogP contribution in [0.15, 0.2) is 48.5 Å². The minimum Gasteiger partial charge on any atom is -0.339 e. The highest BCUT2D eigenvalue weighted by Gasteiger charge is 2.24. The highest BCUT2D eigenvalue weighted by Crippen LogP contribution is 2.15. The second-order valence-electron chi connectivity index (χ2n) is 6.35. The molecule has 4 nitrogen and oxygen atoms in total. The van der Waals surface area contributed by atoms with Gasteiger partial charge in [0.1, 0.15) is 0 Å². The standard InChI is InChI=1S/C20H21ClN2O2/c1-15-4-2-5-16(12-15)13-19(24)22-8-10-23(11-9-22)20(25)17-6-3-7-18(21)14-17/h2-7,12,14H,8-11,13H2,1H3. The lowest BCUT2D eigenvalue weighted by molar-refractivity contribution is -0.131. The van der Waals surface area contributed by atoms with Gasteiger partial charge in [-0.2, -0.15) is 0 Å². The minimum absolute atomic E-state index is 0.0340. The topological polar surface area (TPSA) is 40.6 Å². The Morgan fingerprint density at radius 3 is 2.32 bits per heavy atom. The molecule has 0 aliphatic carbocycles. The van der Waals surface area contributed by atoms with Crippen molar-refractivity contribution in [3.63, 3.8) is 0 Å². The highest BCUT2D eigenvalue weighted by molar-refractivity contribution is 6.30. The molecule has 1 fully saturated rings. The van der Waals surface area contributed by atoms with E-state index in [1.807, 2.05) is 36.1 Å². The molecule has 3 rings (SSSR count). The van der Waals surface area contributed by atoms with Gasteiger partial charge in [0.15, 0.2) is 0 Å². The van der Waals surface area contributed by atoms with Gasteiger partial charge in [-0.05, 0) is 30.7 Å². The van der Waals surface area contributed by atoms with E-state index < -0.39 is 0 Å². The van der Waals surface area contributed by atoms with E-state index in [2.05, 4.69) is 0 Å². The summed E-state index contributed by atoms with van der Waals surface area (Å²) in [6.45, 7) is 4.25. The number of piperazine rings is 1. The van der Waals surface area contributed by atoms with Crippen LogP contribution >= 0.6 is 11.6 Å². The van der Waals surface area contributed by atoms with E-state index in [-0.39, 0.29) is 11.8 Å². The minimum atomic E-state index is -0.0340. The number of aryl methyl sites for hydroxylation is 1. The van der Waals surface area contributed by atoms with Crippen LogP contribution in [0.3, 0.4) is 0 Å². The number of amides is 2. The van der Waals surface area contributed by atoms with Gasteiger partial charge in [-0.15, -0.1) is 0 Å². The van der Waals surface area contributed by atoms with Crippen molar-refractivity contribution in [3.8, 4) is 0 Å². The average molecular weight is 357 g/mol. The van der Waals surface area contributed by atoms with Gasteiger partial charge in [0.25, 0.3) is 5.91 Å². The Hall–Kier alpha value is -2.33. The molecule has 1 aliphatic rings. The van der Waals surface area contributed by atoms with E-state index in [0.717, 1.165) is 11.1 Å². The van der Waals surface area contributed by atoms with Crippen LogP contribution in [0.4, 0.5) is 0 Å². The van der Waals surface area contributed by atoms with E-state index in [1.165, 1.54) is 0 Å². The summed E-state index contributed by atoms with van der Waals surface area (Å²) in [5.41, 5.74) is 2.77. The van der Waals surface area contributed by atoms with Gasteiger partial charge < -0.3 is 9.80 Å². The van der Waals surface area contributed by atoms with Crippen LogP contribution in [-0.4, -0.2) is 47.8 Å². The third-order valence-corrected chi connectivity index (χ3v) is 4.66. The van der Waals surface area contributed by atoms with E-state index in [9.17, 15) is 9.59 Å². The van der Waals surface area contributed by atoms with Crippen molar-refractivity contribution in [2.24, 2.45) is 0 Å². The summed E-state index contributed by atoms with van der Waals surface area (Å²) in [5, 5.41) is 0.554. The van der Waals surface area contributed by atoms with Crippen LogP contribution in [0.25, 0.3) is 0 Å². The lowest BCUT2D eigenvalue weighted by Crippen LogP contribution is -2.51. The summed E-state index contributed by atoms with van der Waals surface area (Å²) in [7, 11) is 0. The Morgan fingerprint density at radius 2 is 1.64 bits per heavy atom. The molecule has 0 spiro atoms. The fraction of sp³-hybridized carbons (Fsp3) is 0.300. The maximum Gasteiger partial charge on any atom is 0.254 e. The van der Waals surface area contributed by atoms with E-state index in [0.29, 0.717) is 43.2 Å². The molecular weight excluding hydrogens is 336 g/mol. The molecule has 0 atom stereocenters. The van der Waals surface area contributed by atoms with Crippen molar-refractivity contribution in [3.05, 3.63) is 70.2 Å². The molecular formula is C20H21ClN2O2. The predicted molar refractivity (Wildman–Crippen MR) is 98.8 cm³/mol. The van der Waals surface area contributed by atoms with E-state index in [1.54, 1.807) is 29.2 Å². The first-order valence-electron chi connectivity index (χ1n) is 8.41. The number of hydrogen-bond acceptors (Lipinski definition) is 2. The third-order valence-electron chi connectivity index (χ3n) is 4.43. The fourth-order valence-corrected chi connectivity index (χ4v) is 3.26. The molecule has 0 aromatic heterocycles. The van der Waals surface area contributed by atoms with Crippen molar-refractivity contribution < 1.29 is 9.59 Å². The Morgan fingerprint density at radius 1 is 0.960 bits per heavy atom. The maximum atomic E-state index is 12.5. The number of hydrogen-bond donors (Lipinski definition) is 0. The smallest absolute Gasteiger partial charge is 0.254 e. The summed E-state index contributed by atoms with van der Waals surface area (Å²) < 4.78 is 0. The molecule has 0 N–H and O–H groups in total. The molecule has 1 aliphatic heterocycles. The zero-order valence-electron chi connectivity index (χ0n) is 14.2. The monoisotopic (exact) mass is 356 g/mol. The number of carbonyl (C=O) groups is 2. The molecule has 5 heteroatoms. The van der Waals surface area contributed by atoms with Crippen LogP contribution in [0.2, 0.25) is 5.02 Å². The lowest BCUT2D eigenvalue weighted by atomic mass is 10.1. The van der Waals surface area contributed by atoms with Gasteiger partial charge in [0.05, 0.1) is 6.42 Å². The van der Waals surface area contributed by atoms with Crippen LogP contribution in [0.5, 0.6) is 0 Å². The normalized spacial score (nSPS) is 14.5. The molecule has 0 bridgehead atoms. The van der Waals surface area contributed by atoms with Gasteiger partial charge in [-0.3, -0.25) is 9.59 Å². The Kier molecular flexibility index (Phi) is 5.39. The average Bonchev–Trinajstić information content (AvgIpc) is 2.61. The molecule has 2 aromatic carbocycles. The van der Waals surface area contributed by atoms with Gasteiger partial charge in [0.2, 0.25) is 5.91 Å². The fourth-order valence-electron chi connectivity index (χ4n) is 3.07. The van der Waals surface area contributed by atoms with Gasteiger partial charge in [-0.25, -0.2) is 0 Å². The second-order valence-corrected chi connectivity index (χ2v) is 6.79. The van der Waals surface area contributed by atoms with Gasteiger partial charge in [-0.1, -0.05) is 47.5 Å². The van der Waals surface area contributed by atoms with E-state index in [4.69, 9.17) is 11.6 Å². The first-order chi connectivity index (χ1) is 12.0. The molecule has 0 unspecified atom stereocenters. The number of carbonyl (C=O) groups excluding carboxylic acids is 2. The maximum absolute atomic E-state index is 12.5. The second kappa shape index (κ2) is 7.70. The SMILES string of the molecule is Cc1cccc(CC(=O)N2CCN(C(=O)c3cccc(Cl)c3)CC2)c1.